The maximum absolute atomic E-state index is 12.3. The lowest BCUT2D eigenvalue weighted by Gasteiger charge is -2.16. The van der Waals surface area contributed by atoms with Crippen molar-refractivity contribution in [3.8, 4) is 0 Å². The lowest BCUT2D eigenvalue weighted by Crippen LogP contribution is -2.29. The number of rotatable bonds is 11. The van der Waals surface area contributed by atoms with Gasteiger partial charge in [-0.15, -0.1) is 0 Å². The van der Waals surface area contributed by atoms with Gasteiger partial charge < -0.3 is 14.2 Å². The molecule has 3 rings (SSSR count). The van der Waals surface area contributed by atoms with E-state index in [0.29, 0.717) is 0 Å². The van der Waals surface area contributed by atoms with Gasteiger partial charge in [-0.25, -0.2) is 14.4 Å². The third-order valence-corrected chi connectivity index (χ3v) is 4.74. The summed E-state index contributed by atoms with van der Waals surface area (Å²) in [5, 5.41) is 0. The first-order valence-corrected chi connectivity index (χ1v) is 11.3. The fourth-order valence-electron chi connectivity index (χ4n) is 2.95. The van der Waals surface area contributed by atoms with E-state index in [-0.39, 0.29) is 13.2 Å². The van der Waals surface area contributed by atoms with Crippen molar-refractivity contribution in [3.05, 3.63) is 126 Å². The monoisotopic (exact) mass is 482 g/mol. The summed E-state index contributed by atoms with van der Waals surface area (Å²) in [4.78, 5) is 36.6. The molecule has 0 aromatic heterocycles. The normalized spacial score (nSPS) is 12.0. The molecular weight excluding hydrogens is 456 g/mol. The van der Waals surface area contributed by atoms with E-state index in [2.05, 4.69) is 0 Å². The summed E-state index contributed by atoms with van der Waals surface area (Å²) >= 11 is 0. The van der Waals surface area contributed by atoms with Crippen molar-refractivity contribution in [1.29, 1.82) is 0 Å². The highest BCUT2D eigenvalue weighted by Gasteiger charge is 2.17. The van der Waals surface area contributed by atoms with Gasteiger partial charge in [-0.2, -0.15) is 0 Å². The molecule has 0 aliphatic rings. The van der Waals surface area contributed by atoms with Crippen LogP contribution in [0.2, 0.25) is 0 Å². The smallest absolute Gasteiger partial charge is 0.331 e. The molecule has 6 heteroatoms. The van der Waals surface area contributed by atoms with Gasteiger partial charge in [-0.05, 0) is 34.9 Å². The van der Waals surface area contributed by atoms with Crippen molar-refractivity contribution >= 4 is 36.1 Å². The van der Waals surface area contributed by atoms with E-state index in [0.717, 1.165) is 16.7 Å². The van der Waals surface area contributed by atoms with Crippen molar-refractivity contribution in [2.45, 2.75) is 6.10 Å². The third kappa shape index (κ3) is 10.1. The molecule has 0 atom stereocenters. The predicted molar refractivity (Wildman–Crippen MR) is 138 cm³/mol. The molecule has 0 spiro atoms. The Morgan fingerprint density at radius 1 is 0.528 bits per heavy atom. The molecule has 0 heterocycles. The second kappa shape index (κ2) is 14.5. The highest BCUT2D eigenvalue weighted by Crippen LogP contribution is 2.06. The summed E-state index contributed by atoms with van der Waals surface area (Å²) in [5.41, 5.74) is 2.49. The first kappa shape index (κ1) is 25.9. The molecule has 0 fully saturated rings. The second-order valence-corrected chi connectivity index (χ2v) is 7.55. The standard InChI is InChI=1S/C30H26O6/c31-28(19-16-24-10-4-1-5-11-24)34-22-27(36-30(33)21-18-26-14-8-3-9-15-26)23-35-29(32)20-17-25-12-6-2-7-13-25/h1-21,27H,22-23H2. The van der Waals surface area contributed by atoms with Gasteiger partial charge in [0.15, 0.2) is 6.10 Å². The molecule has 0 unspecified atom stereocenters. The Balaban J connectivity index is 1.56. The molecular formula is C30H26O6. The molecule has 0 aliphatic carbocycles. The van der Waals surface area contributed by atoms with E-state index < -0.39 is 24.0 Å². The van der Waals surface area contributed by atoms with Crippen LogP contribution in [-0.2, 0) is 28.6 Å². The van der Waals surface area contributed by atoms with Crippen LogP contribution in [0.4, 0.5) is 0 Å². The van der Waals surface area contributed by atoms with E-state index in [4.69, 9.17) is 14.2 Å². The molecule has 0 bridgehead atoms. The molecule has 3 aromatic rings. The van der Waals surface area contributed by atoms with Gasteiger partial charge >= 0.3 is 17.9 Å². The average Bonchev–Trinajstić information content (AvgIpc) is 2.92. The lowest BCUT2D eigenvalue weighted by atomic mass is 10.2. The summed E-state index contributed by atoms with van der Waals surface area (Å²) < 4.78 is 15.8. The number of esters is 3. The molecule has 6 nitrogen and oxygen atoms in total. The van der Waals surface area contributed by atoms with Crippen LogP contribution in [0, 0.1) is 0 Å². The van der Waals surface area contributed by atoms with E-state index >= 15 is 0 Å². The molecule has 3 aromatic carbocycles. The number of carbonyl (C=O) groups is 3. The van der Waals surface area contributed by atoms with Crippen molar-refractivity contribution in [1.82, 2.24) is 0 Å². The molecule has 0 radical (unpaired) electrons. The first-order chi connectivity index (χ1) is 17.6. The van der Waals surface area contributed by atoms with Crippen LogP contribution in [0.1, 0.15) is 16.7 Å². The summed E-state index contributed by atoms with van der Waals surface area (Å²) in [6.07, 6.45) is 7.65. The quantitative estimate of drug-likeness (QED) is 0.214. The van der Waals surface area contributed by atoms with Crippen molar-refractivity contribution in [3.63, 3.8) is 0 Å². The highest BCUT2D eigenvalue weighted by atomic mass is 16.6. The van der Waals surface area contributed by atoms with E-state index in [1.54, 1.807) is 18.2 Å². The van der Waals surface area contributed by atoms with Crippen LogP contribution in [0.3, 0.4) is 0 Å². The zero-order chi connectivity index (χ0) is 25.4. The maximum Gasteiger partial charge on any atom is 0.331 e. The van der Waals surface area contributed by atoms with Crippen LogP contribution in [0.25, 0.3) is 18.2 Å². The fraction of sp³-hybridized carbons (Fsp3) is 0.100. The van der Waals surface area contributed by atoms with Gasteiger partial charge in [-0.1, -0.05) is 91.0 Å². The average molecular weight is 483 g/mol. The zero-order valence-electron chi connectivity index (χ0n) is 19.6. The van der Waals surface area contributed by atoms with Crippen LogP contribution in [0.5, 0.6) is 0 Å². The highest BCUT2D eigenvalue weighted by molar-refractivity contribution is 5.88. The van der Waals surface area contributed by atoms with Crippen LogP contribution < -0.4 is 0 Å². The minimum absolute atomic E-state index is 0.279. The summed E-state index contributed by atoms with van der Waals surface area (Å²) in [5.74, 6) is -1.89. The van der Waals surface area contributed by atoms with Gasteiger partial charge in [0.25, 0.3) is 0 Å². The van der Waals surface area contributed by atoms with Gasteiger partial charge in [0, 0.05) is 18.2 Å². The second-order valence-electron chi connectivity index (χ2n) is 7.55. The third-order valence-electron chi connectivity index (χ3n) is 4.74. The fourth-order valence-corrected chi connectivity index (χ4v) is 2.95. The van der Waals surface area contributed by atoms with Gasteiger partial charge in [0.05, 0.1) is 0 Å². The largest absolute Gasteiger partial charge is 0.458 e. The summed E-state index contributed by atoms with van der Waals surface area (Å²) in [6.45, 7) is -0.558. The summed E-state index contributed by atoms with van der Waals surface area (Å²) in [7, 11) is 0. The Labute approximate surface area is 210 Å². The summed E-state index contributed by atoms with van der Waals surface area (Å²) in [6, 6.07) is 27.8. The number of hydrogen-bond acceptors (Lipinski definition) is 6. The molecule has 0 saturated heterocycles. The number of benzene rings is 3. The van der Waals surface area contributed by atoms with Crippen molar-refractivity contribution in [2.24, 2.45) is 0 Å². The van der Waals surface area contributed by atoms with Crippen molar-refractivity contribution < 1.29 is 28.6 Å². The minimum atomic E-state index is -0.985. The lowest BCUT2D eigenvalue weighted by molar-refractivity contribution is -0.160. The topological polar surface area (TPSA) is 78.9 Å². The Bertz CT molecular complexity index is 1130. The SMILES string of the molecule is O=C(C=Cc1ccccc1)OCC(COC(=O)C=Cc1ccccc1)OC(=O)C=Cc1ccccc1. The Kier molecular flexibility index (Phi) is 10.5. The van der Waals surface area contributed by atoms with Gasteiger partial charge in [0.1, 0.15) is 13.2 Å². The number of carbonyl (C=O) groups excluding carboxylic acids is 3. The minimum Gasteiger partial charge on any atom is -0.458 e. The first-order valence-electron chi connectivity index (χ1n) is 11.3. The predicted octanol–water partition coefficient (Wildman–Crippen LogP) is 5.12. The van der Waals surface area contributed by atoms with E-state index in [1.165, 1.54) is 18.2 Å². The Morgan fingerprint density at radius 2 is 0.861 bits per heavy atom. The van der Waals surface area contributed by atoms with E-state index in [9.17, 15) is 14.4 Å². The molecule has 0 amide bonds. The van der Waals surface area contributed by atoms with Gasteiger partial charge in [0.2, 0.25) is 0 Å². The molecule has 182 valence electrons. The molecule has 0 saturated carbocycles. The number of ether oxygens (including phenoxy) is 3. The Morgan fingerprint density at radius 3 is 1.22 bits per heavy atom. The Hall–Kier alpha value is -4.71. The van der Waals surface area contributed by atoms with Crippen LogP contribution in [-0.4, -0.2) is 37.2 Å². The van der Waals surface area contributed by atoms with E-state index in [1.807, 2.05) is 91.0 Å². The van der Waals surface area contributed by atoms with Gasteiger partial charge in [-0.3, -0.25) is 0 Å². The molecule has 36 heavy (non-hydrogen) atoms. The molecule has 0 N–H and O–H groups in total. The number of hydrogen-bond donors (Lipinski definition) is 0. The van der Waals surface area contributed by atoms with Crippen LogP contribution >= 0.6 is 0 Å². The van der Waals surface area contributed by atoms with Crippen LogP contribution in [0.15, 0.2) is 109 Å². The molecule has 0 aliphatic heterocycles. The zero-order valence-corrected chi connectivity index (χ0v) is 19.6. The van der Waals surface area contributed by atoms with Crippen molar-refractivity contribution in [2.75, 3.05) is 13.2 Å². The maximum atomic E-state index is 12.3.